The van der Waals surface area contributed by atoms with Gasteiger partial charge in [0.1, 0.15) is 0 Å². The van der Waals surface area contributed by atoms with Crippen molar-refractivity contribution in [3.63, 3.8) is 0 Å². The second-order valence-corrected chi connectivity index (χ2v) is 8.55. The van der Waals surface area contributed by atoms with Crippen LogP contribution in [0, 0.1) is 0 Å². The summed E-state index contributed by atoms with van der Waals surface area (Å²) in [4.78, 5) is 18.1. The number of methoxy groups -OCH3 is 1. The normalized spacial score (nSPS) is 16.8. The molecule has 0 bridgehead atoms. The van der Waals surface area contributed by atoms with Crippen molar-refractivity contribution in [2.45, 2.75) is 37.2 Å². The number of ether oxygens (including phenoxy) is 1. The fourth-order valence-electron chi connectivity index (χ4n) is 3.09. The molecule has 1 aliphatic rings. The molecule has 11 heteroatoms. The van der Waals surface area contributed by atoms with Crippen molar-refractivity contribution in [2.24, 2.45) is 4.99 Å². The van der Waals surface area contributed by atoms with Crippen LogP contribution in [0.5, 0.6) is 0 Å². The molecule has 0 aromatic heterocycles. The van der Waals surface area contributed by atoms with E-state index in [2.05, 4.69) is 20.3 Å². The van der Waals surface area contributed by atoms with E-state index >= 15 is 0 Å². The first-order valence-corrected chi connectivity index (χ1v) is 11.2. The third-order valence-corrected chi connectivity index (χ3v) is 6.13. The van der Waals surface area contributed by atoms with Crippen LogP contribution in [0.2, 0.25) is 0 Å². The summed E-state index contributed by atoms with van der Waals surface area (Å²) in [6, 6.07) is 6.90. The number of carbonyl (C=O) groups is 1. The molecule has 0 aliphatic carbocycles. The molecule has 1 saturated heterocycles. The molecule has 30 heavy (non-hydrogen) atoms. The lowest BCUT2D eigenvalue weighted by Gasteiger charge is -2.19. The number of likely N-dealkylation sites (tertiary alicyclic amines) is 1. The maximum Gasteiger partial charge on any atom is 0.240 e. The number of halogens is 1. The van der Waals surface area contributed by atoms with Gasteiger partial charge in [0.05, 0.1) is 11.5 Å². The van der Waals surface area contributed by atoms with Crippen molar-refractivity contribution in [1.29, 1.82) is 0 Å². The van der Waals surface area contributed by atoms with E-state index in [1.165, 1.54) is 7.11 Å². The number of sulfonamides is 1. The second-order valence-electron chi connectivity index (χ2n) is 6.79. The Labute approximate surface area is 196 Å². The third kappa shape index (κ3) is 8.00. The van der Waals surface area contributed by atoms with Crippen molar-refractivity contribution in [3.8, 4) is 0 Å². The van der Waals surface area contributed by atoms with Crippen LogP contribution in [0.1, 0.15) is 25.3 Å². The summed E-state index contributed by atoms with van der Waals surface area (Å²) < 4.78 is 32.1. The highest BCUT2D eigenvalue weighted by Gasteiger charge is 2.25. The van der Waals surface area contributed by atoms with E-state index in [1.807, 2.05) is 17.9 Å². The van der Waals surface area contributed by atoms with Crippen LogP contribution in [-0.4, -0.2) is 71.6 Å². The van der Waals surface area contributed by atoms with Crippen molar-refractivity contribution in [1.82, 2.24) is 20.3 Å². The number of rotatable bonds is 9. The maximum atomic E-state index is 12.3. The van der Waals surface area contributed by atoms with E-state index in [4.69, 9.17) is 4.74 Å². The molecule has 2 rings (SSSR count). The molecule has 1 aromatic carbocycles. The number of aliphatic imine (C=N–C) groups is 1. The summed E-state index contributed by atoms with van der Waals surface area (Å²) in [5.74, 6) is 0.779. The van der Waals surface area contributed by atoms with Gasteiger partial charge in [-0.1, -0.05) is 19.1 Å². The number of hydrogen-bond acceptors (Lipinski definition) is 5. The lowest BCUT2D eigenvalue weighted by Crippen LogP contribution is -2.44. The van der Waals surface area contributed by atoms with Crippen LogP contribution in [0.3, 0.4) is 0 Å². The highest BCUT2D eigenvalue weighted by Crippen LogP contribution is 2.12. The van der Waals surface area contributed by atoms with E-state index in [9.17, 15) is 13.2 Å². The molecule has 1 fully saturated rings. The molecule has 0 radical (unpaired) electrons. The summed E-state index contributed by atoms with van der Waals surface area (Å²) in [6.45, 7) is 4.23. The minimum atomic E-state index is -3.58. The second kappa shape index (κ2) is 13.1. The molecule has 0 saturated carbocycles. The molecule has 3 N–H and O–H groups in total. The number of guanidine groups is 1. The Balaban J connectivity index is 0.00000450. The minimum absolute atomic E-state index is 0. The summed E-state index contributed by atoms with van der Waals surface area (Å²) in [5, 5.41) is 6.53. The summed E-state index contributed by atoms with van der Waals surface area (Å²) in [5.41, 5.74) is 0.816. The molecule has 170 valence electrons. The number of nitrogens with one attached hydrogen (secondary N) is 3. The fraction of sp³-hybridized carbons (Fsp3) is 0.579. The van der Waals surface area contributed by atoms with Crippen LogP contribution in [0.25, 0.3) is 0 Å². The van der Waals surface area contributed by atoms with Gasteiger partial charge in [-0.15, -0.1) is 24.0 Å². The van der Waals surface area contributed by atoms with Gasteiger partial charge >= 0.3 is 0 Å². The zero-order valence-electron chi connectivity index (χ0n) is 17.7. The van der Waals surface area contributed by atoms with E-state index in [1.54, 1.807) is 25.2 Å². The zero-order chi connectivity index (χ0) is 21.3. The Hall–Kier alpha value is -1.44. The van der Waals surface area contributed by atoms with Crippen LogP contribution < -0.4 is 15.4 Å². The molecular weight excluding hydrogens is 521 g/mol. The predicted octanol–water partition coefficient (Wildman–Crippen LogP) is 0.905. The lowest BCUT2D eigenvalue weighted by molar-refractivity contribution is -0.129. The molecular formula is C19H32IN5O4S. The molecule has 1 atom stereocenters. The number of hydrogen-bond donors (Lipinski definition) is 3. The van der Waals surface area contributed by atoms with Crippen LogP contribution in [-0.2, 0) is 26.1 Å². The Morgan fingerprint density at radius 1 is 1.37 bits per heavy atom. The molecule has 9 nitrogen and oxygen atoms in total. The van der Waals surface area contributed by atoms with Crippen molar-refractivity contribution in [3.05, 3.63) is 29.8 Å². The van der Waals surface area contributed by atoms with E-state index in [-0.39, 0.29) is 47.4 Å². The first-order chi connectivity index (χ1) is 13.9. The monoisotopic (exact) mass is 553 g/mol. The van der Waals surface area contributed by atoms with Gasteiger partial charge in [0.15, 0.2) is 5.96 Å². The molecule has 1 aromatic rings. The smallest absolute Gasteiger partial charge is 0.240 e. The standard InChI is InChI=1S/C19H31N5O4S.HI/c1-4-18(25)24-10-8-16(14-24)23-19(20-2)21-13-15-6-5-7-17(12-15)29(26,27)22-9-11-28-3;/h5-7,12,16,22H,4,8-11,13-14H2,1-3H3,(H2,20,21,23);1H. The lowest BCUT2D eigenvalue weighted by atomic mass is 10.2. The number of amides is 1. The largest absolute Gasteiger partial charge is 0.383 e. The Morgan fingerprint density at radius 2 is 2.13 bits per heavy atom. The Morgan fingerprint density at radius 3 is 2.80 bits per heavy atom. The van der Waals surface area contributed by atoms with Crippen LogP contribution in [0.4, 0.5) is 0 Å². The fourth-order valence-corrected chi connectivity index (χ4v) is 4.17. The maximum absolute atomic E-state index is 12.3. The summed E-state index contributed by atoms with van der Waals surface area (Å²) in [6.07, 6.45) is 1.38. The van der Waals surface area contributed by atoms with Crippen LogP contribution in [0.15, 0.2) is 34.2 Å². The van der Waals surface area contributed by atoms with Crippen molar-refractivity contribution >= 4 is 45.9 Å². The van der Waals surface area contributed by atoms with Gasteiger partial charge in [0.25, 0.3) is 0 Å². The van der Waals surface area contributed by atoms with Gasteiger partial charge < -0.3 is 20.3 Å². The molecule has 1 aliphatic heterocycles. The number of nitrogens with zero attached hydrogens (tertiary/aromatic N) is 2. The molecule has 1 amide bonds. The summed E-state index contributed by atoms with van der Waals surface area (Å²) in [7, 11) is -0.375. The highest BCUT2D eigenvalue weighted by molar-refractivity contribution is 14.0. The van der Waals surface area contributed by atoms with Crippen molar-refractivity contribution < 1.29 is 17.9 Å². The SMILES string of the molecule is CCC(=O)N1CCC(NC(=NC)NCc2cccc(S(=O)(=O)NCCOC)c2)C1.I. The number of carbonyl (C=O) groups excluding carboxylic acids is 1. The van der Waals surface area contributed by atoms with Crippen LogP contribution >= 0.6 is 24.0 Å². The van der Waals surface area contributed by atoms with Gasteiger partial charge in [0, 0.05) is 52.8 Å². The summed E-state index contributed by atoms with van der Waals surface area (Å²) >= 11 is 0. The van der Waals surface area contributed by atoms with E-state index < -0.39 is 10.0 Å². The average molecular weight is 553 g/mol. The van der Waals surface area contributed by atoms with E-state index in [0.717, 1.165) is 18.5 Å². The first-order valence-electron chi connectivity index (χ1n) is 9.72. The predicted molar refractivity (Wildman–Crippen MR) is 128 cm³/mol. The van der Waals surface area contributed by atoms with Gasteiger partial charge in [-0.3, -0.25) is 9.79 Å². The zero-order valence-corrected chi connectivity index (χ0v) is 20.8. The number of benzene rings is 1. The topological polar surface area (TPSA) is 112 Å². The Bertz CT molecular complexity index is 819. The molecule has 1 unspecified atom stereocenters. The minimum Gasteiger partial charge on any atom is -0.383 e. The van der Waals surface area contributed by atoms with Crippen molar-refractivity contribution in [2.75, 3.05) is 40.4 Å². The van der Waals surface area contributed by atoms with Gasteiger partial charge in [-0.2, -0.15) is 0 Å². The highest BCUT2D eigenvalue weighted by atomic mass is 127. The Kier molecular flexibility index (Phi) is 11.6. The quantitative estimate of drug-likeness (QED) is 0.182. The molecule has 0 spiro atoms. The molecule has 1 heterocycles. The van der Waals surface area contributed by atoms with Gasteiger partial charge in [-0.25, -0.2) is 13.1 Å². The average Bonchev–Trinajstić information content (AvgIpc) is 3.19. The first kappa shape index (κ1) is 26.6. The van der Waals surface area contributed by atoms with E-state index in [0.29, 0.717) is 32.1 Å². The third-order valence-electron chi connectivity index (χ3n) is 4.67. The van der Waals surface area contributed by atoms with Gasteiger partial charge in [0.2, 0.25) is 15.9 Å². The van der Waals surface area contributed by atoms with Gasteiger partial charge in [-0.05, 0) is 24.1 Å².